The average Bonchev–Trinajstić information content (AvgIpc) is 2.45. The Balaban J connectivity index is 3.27. The van der Waals surface area contributed by atoms with Crippen molar-refractivity contribution in [1.82, 2.24) is 4.72 Å². The Labute approximate surface area is 139 Å². The van der Waals surface area contributed by atoms with Crippen molar-refractivity contribution in [2.24, 2.45) is 11.8 Å². The second-order valence-electron chi connectivity index (χ2n) is 5.75. The minimum Gasteiger partial charge on any atom is -0.469 e. The maximum absolute atomic E-state index is 13.4. The van der Waals surface area contributed by atoms with Crippen LogP contribution in [-0.4, -0.2) is 33.7 Å². The van der Waals surface area contributed by atoms with Crippen LogP contribution in [0.15, 0.2) is 29.2 Å². The van der Waals surface area contributed by atoms with E-state index in [0.717, 1.165) is 12.7 Å². The van der Waals surface area contributed by atoms with Gasteiger partial charge in [0, 0.05) is 0 Å². The van der Waals surface area contributed by atoms with Crippen molar-refractivity contribution in [2.75, 3.05) is 7.11 Å². The first-order valence-electron chi connectivity index (χ1n) is 7.13. The van der Waals surface area contributed by atoms with Gasteiger partial charge in [-0.15, -0.1) is 0 Å². The Hall–Kier alpha value is -1.61. The van der Waals surface area contributed by atoms with Crippen LogP contribution in [0.2, 0.25) is 0 Å². The zero-order valence-electron chi connectivity index (χ0n) is 13.7. The van der Waals surface area contributed by atoms with Gasteiger partial charge in [-0.25, -0.2) is 8.42 Å². The number of sulfonamides is 1. The molecule has 1 aromatic rings. The van der Waals surface area contributed by atoms with Crippen molar-refractivity contribution in [1.29, 1.82) is 0 Å². The van der Waals surface area contributed by atoms with Crippen LogP contribution in [0.3, 0.4) is 0 Å². The molecule has 0 aliphatic rings. The molecule has 1 aromatic carbocycles. The number of aryl methyl sites for hydroxylation is 1. The number of hydrogen-bond donors (Lipinski definition) is 1. The number of methoxy groups -OCH3 is 1. The molecule has 0 aliphatic carbocycles. The minimum atomic E-state index is -4.96. The number of halogens is 3. The lowest BCUT2D eigenvalue weighted by Crippen LogP contribution is -2.54. The Kier molecular flexibility index (Phi) is 6.40. The lowest BCUT2D eigenvalue weighted by molar-refractivity contribution is -0.181. The van der Waals surface area contributed by atoms with Gasteiger partial charge in [-0.2, -0.15) is 17.9 Å². The number of nitrogens with one attached hydrogen (secondary N) is 1. The quantitative estimate of drug-likeness (QED) is 0.785. The number of benzene rings is 1. The van der Waals surface area contributed by atoms with E-state index in [1.54, 1.807) is 11.6 Å². The maximum Gasteiger partial charge on any atom is 0.405 e. The van der Waals surface area contributed by atoms with Gasteiger partial charge in [0.15, 0.2) is 0 Å². The van der Waals surface area contributed by atoms with Gasteiger partial charge in [-0.1, -0.05) is 31.5 Å². The average molecular weight is 367 g/mol. The number of carbonyl (C=O) groups is 1. The Morgan fingerprint density at radius 3 is 2.04 bits per heavy atom. The highest BCUT2D eigenvalue weighted by Gasteiger charge is 2.51. The van der Waals surface area contributed by atoms with E-state index in [1.165, 1.54) is 38.1 Å². The molecule has 1 N–H and O–H groups in total. The van der Waals surface area contributed by atoms with Crippen LogP contribution >= 0.6 is 0 Å². The Morgan fingerprint density at radius 1 is 1.17 bits per heavy atom. The highest BCUT2D eigenvalue weighted by Crippen LogP contribution is 2.32. The van der Waals surface area contributed by atoms with Gasteiger partial charge in [0.1, 0.15) is 6.04 Å². The van der Waals surface area contributed by atoms with E-state index in [1.807, 2.05) is 0 Å². The van der Waals surface area contributed by atoms with E-state index in [0.29, 0.717) is 0 Å². The van der Waals surface area contributed by atoms with Gasteiger partial charge in [0.25, 0.3) is 0 Å². The van der Waals surface area contributed by atoms with Crippen LogP contribution in [-0.2, 0) is 19.6 Å². The molecular formula is C15H20F3NO4S. The molecule has 0 aliphatic heterocycles. The van der Waals surface area contributed by atoms with Crippen LogP contribution in [0.25, 0.3) is 0 Å². The molecule has 5 nitrogen and oxygen atoms in total. The van der Waals surface area contributed by atoms with Gasteiger partial charge in [0.2, 0.25) is 10.0 Å². The predicted molar refractivity (Wildman–Crippen MR) is 81.7 cm³/mol. The summed E-state index contributed by atoms with van der Waals surface area (Å²) in [4.78, 5) is 11.4. The predicted octanol–water partition coefficient (Wildman–Crippen LogP) is 2.65. The largest absolute Gasteiger partial charge is 0.469 e. The minimum absolute atomic E-state index is 0.310. The van der Waals surface area contributed by atoms with Crippen molar-refractivity contribution < 1.29 is 31.1 Å². The SMILES string of the molecule is COC(=O)C(C(C)C)C(NS(=O)(=O)c1ccc(C)cc1)C(F)(F)F. The number of ether oxygens (including phenoxy) is 1. The summed E-state index contributed by atoms with van der Waals surface area (Å²) in [6.07, 6.45) is -4.96. The monoisotopic (exact) mass is 367 g/mol. The topological polar surface area (TPSA) is 72.5 Å². The van der Waals surface area contributed by atoms with E-state index in [9.17, 15) is 26.4 Å². The number of esters is 1. The molecule has 0 heterocycles. The summed E-state index contributed by atoms with van der Waals surface area (Å²) in [5.41, 5.74) is 0.760. The van der Waals surface area contributed by atoms with E-state index in [4.69, 9.17) is 0 Å². The van der Waals surface area contributed by atoms with Crippen molar-refractivity contribution >= 4 is 16.0 Å². The molecule has 0 aromatic heterocycles. The fourth-order valence-electron chi connectivity index (χ4n) is 2.23. The van der Waals surface area contributed by atoms with Crippen LogP contribution in [0.4, 0.5) is 13.2 Å². The summed E-state index contributed by atoms with van der Waals surface area (Å²) in [5.74, 6) is -3.61. The van der Waals surface area contributed by atoms with Gasteiger partial charge in [0.05, 0.1) is 17.9 Å². The molecule has 0 fully saturated rings. The molecule has 0 spiro atoms. The highest BCUT2D eigenvalue weighted by atomic mass is 32.2. The molecule has 0 radical (unpaired) electrons. The van der Waals surface area contributed by atoms with Crippen LogP contribution < -0.4 is 4.72 Å². The normalized spacial score (nSPS) is 15.2. The van der Waals surface area contributed by atoms with Crippen molar-refractivity contribution in [3.63, 3.8) is 0 Å². The second-order valence-corrected chi connectivity index (χ2v) is 7.46. The van der Waals surface area contributed by atoms with Gasteiger partial charge >= 0.3 is 12.1 Å². The maximum atomic E-state index is 13.4. The van der Waals surface area contributed by atoms with Gasteiger partial charge in [-0.05, 0) is 25.0 Å². The lowest BCUT2D eigenvalue weighted by Gasteiger charge is -2.30. The van der Waals surface area contributed by atoms with E-state index in [-0.39, 0.29) is 4.90 Å². The lowest BCUT2D eigenvalue weighted by atomic mass is 9.88. The summed E-state index contributed by atoms with van der Waals surface area (Å²) in [7, 11) is -3.50. The second kappa shape index (κ2) is 7.52. The molecule has 2 unspecified atom stereocenters. The molecular weight excluding hydrogens is 347 g/mol. The third-order valence-corrected chi connectivity index (χ3v) is 4.97. The third kappa shape index (κ3) is 4.94. The number of rotatable bonds is 6. The number of hydrogen-bond acceptors (Lipinski definition) is 4. The first-order chi connectivity index (χ1) is 10.9. The number of alkyl halides is 3. The first kappa shape index (κ1) is 20.4. The molecule has 9 heteroatoms. The summed E-state index contributed by atoms with van der Waals surface area (Å²) in [6, 6.07) is 2.76. The molecule has 2 atom stereocenters. The molecule has 24 heavy (non-hydrogen) atoms. The Bertz CT molecular complexity index is 669. The molecule has 0 bridgehead atoms. The highest BCUT2D eigenvalue weighted by molar-refractivity contribution is 7.89. The van der Waals surface area contributed by atoms with Crippen molar-refractivity contribution in [3.8, 4) is 0 Å². The van der Waals surface area contributed by atoms with Gasteiger partial charge in [-0.3, -0.25) is 4.79 Å². The zero-order chi connectivity index (χ0) is 18.7. The summed E-state index contributed by atoms with van der Waals surface area (Å²) >= 11 is 0. The fraction of sp³-hybridized carbons (Fsp3) is 0.533. The van der Waals surface area contributed by atoms with Crippen LogP contribution in [0.5, 0.6) is 0 Å². The molecule has 0 saturated carbocycles. The fourth-order valence-corrected chi connectivity index (χ4v) is 3.47. The standard InChI is InChI=1S/C15H20F3NO4S/c1-9(2)12(14(20)23-4)13(15(16,17)18)19-24(21,22)11-7-5-10(3)6-8-11/h5-9,12-13,19H,1-4H3. The van der Waals surface area contributed by atoms with Crippen molar-refractivity contribution in [3.05, 3.63) is 29.8 Å². The Morgan fingerprint density at radius 2 is 1.67 bits per heavy atom. The summed E-state index contributed by atoms with van der Waals surface area (Å²) < 4.78 is 70.8. The van der Waals surface area contributed by atoms with E-state index in [2.05, 4.69) is 4.74 Å². The summed E-state index contributed by atoms with van der Waals surface area (Å²) in [6.45, 7) is 4.50. The molecule has 1 rings (SSSR count). The molecule has 0 amide bonds. The molecule has 136 valence electrons. The molecule has 0 saturated heterocycles. The summed E-state index contributed by atoms with van der Waals surface area (Å²) in [5, 5.41) is 0. The first-order valence-corrected chi connectivity index (χ1v) is 8.62. The van der Waals surface area contributed by atoms with Crippen LogP contribution in [0.1, 0.15) is 19.4 Å². The van der Waals surface area contributed by atoms with Crippen LogP contribution in [0, 0.1) is 18.8 Å². The number of carbonyl (C=O) groups excluding carboxylic acids is 1. The van der Waals surface area contributed by atoms with Crippen molar-refractivity contribution in [2.45, 2.75) is 37.9 Å². The van der Waals surface area contributed by atoms with E-state index >= 15 is 0 Å². The smallest absolute Gasteiger partial charge is 0.405 e. The third-order valence-electron chi connectivity index (χ3n) is 3.52. The van der Waals surface area contributed by atoms with Gasteiger partial charge < -0.3 is 4.74 Å². The van der Waals surface area contributed by atoms with E-state index < -0.39 is 40.0 Å². The zero-order valence-corrected chi connectivity index (χ0v) is 14.5.